The van der Waals surface area contributed by atoms with Gasteiger partial charge in [-0.1, -0.05) is 0 Å². The van der Waals surface area contributed by atoms with Gasteiger partial charge >= 0.3 is 5.97 Å². The summed E-state index contributed by atoms with van der Waals surface area (Å²) in [5.41, 5.74) is 0.389. The normalized spacial score (nSPS) is 10.4. The molecule has 0 unspecified atom stereocenters. The summed E-state index contributed by atoms with van der Waals surface area (Å²) in [6.07, 6.45) is 2.54. The van der Waals surface area contributed by atoms with E-state index in [9.17, 15) is 9.59 Å². The van der Waals surface area contributed by atoms with Crippen molar-refractivity contribution in [2.45, 2.75) is 26.3 Å². The number of carbonyl (C=O) groups excluding carboxylic acids is 1. The quantitative estimate of drug-likeness (QED) is 0.528. The molecule has 0 fully saturated rings. The Kier molecular flexibility index (Phi) is 7.99. The molecule has 0 bridgehead atoms. The molecule has 1 aromatic rings. The van der Waals surface area contributed by atoms with Crippen LogP contribution in [0.25, 0.3) is 0 Å². The maximum Gasteiger partial charge on any atom is 0.305 e. The Bertz CT molecular complexity index is 519. The third-order valence-corrected chi connectivity index (χ3v) is 3.44. The van der Waals surface area contributed by atoms with Crippen molar-refractivity contribution in [3.8, 4) is 0 Å². The van der Waals surface area contributed by atoms with Crippen LogP contribution in [0.5, 0.6) is 0 Å². The van der Waals surface area contributed by atoms with Crippen molar-refractivity contribution in [2.24, 2.45) is 0 Å². The lowest BCUT2D eigenvalue weighted by Crippen LogP contribution is -2.26. The molecule has 0 aliphatic carbocycles. The molecule has 0 aliphatic heterocycles. The summed E-state index contributed by atoms with van der Waals surface area (Å²) >= 11 is 3.26. The van der Waals surface area contributed by atoms with Crippen molar-refractivity contribution < 1.29 is 14.3 Å². The lowest BCUT2D eigenvalue weighted by molar-refractivity contribution is -0.143. The predicted octanol–water partition coefficient (Wildman–Crippen LogP) is 1.41. The van der Waals surface area contributed by atoms with E-state index >= 15 is 0 Å². The molecule has 0 aliphatic rings. The lowest BCUT2D eigenvalue weighted by Gasteiger charge is -2.10. The molecule has 0 atom stereocenters. The van der Waals surface area contributed by atoms with Crippen molar-refractivity contribution in [1.29, 1.82) is 0 Å². The van der Waals surface area contributed by atoms with Gasteiger partial charge in [0.2, 0.25) is 0 Å². The van der Waals surface area contributed by atoms with E-state index in [2.05, 4.69) is 26.3 Å². The molecular weight excluding hydrogens is 342 g/mol. The van der Waals surface area contributed by atoms with Gasteiger partial charge in [0.1, 0.15) is 4.47 Å². The molecule has 8 heteroatoms. The topological polar surface area (TPSA) is 82.4 Å². The second-order valence-corrected chi connectivity index (χ2v) is 5.02. The second kappa shape index (κ2) is 9.51. The van der Waals surface area contributed by atoms with Crippen LogP contribution in [0, 0.1) is 0 Å². The van der Waals surface area contributed by atoms with E-state index in [-0.39, 0.29) is 11.5 Å². The molecular formula is C13H20BrN3O4. The standard InChI is InChI=1S/C13H20BrN3O4/c1-3-21-11(18)5-4-6-15-10-9-16-17(7-8-20-2)13(19)12(10)14/h9,15H,3-8H2,1-2H3. The highest BCUT2D eigenvalue weighted by Crippen LogP contribution is 2.16. The predicted molar refractivity (Wildman–Crippen MR) is 82.4 cm³/mol. The van der Waals surface area contributed by atoms with Gasteiger partial charge in [-0.15, -0.1) is 0 Å². The molecule has 0 spiro atoms. The monoisotopic (exact) mass is 361 g/mol. The number of nitrogens with zero attached hydrogens (tertiary/aromatic N) is 2. The summed E-state index contributed by atoms with van der Waals surface area (Å²) in [6, 6.07) is 0. The van der Waals surface area contributed by atoms with E-state index in [1.165, 1.54) is 4.68 Å². The molecule has 1 aromatic heterocycles. The Labute approximate surface area is 131 Å². The van der Waals surface area contributed by atoms with E-state index in [0.29, 0.717) is 49.3 Å². The first kappa shape index (κ1) is 17.6. The Morgan fingerprint density at radius 1 is 1.52 bits per heavy atom. The van der Waals surface area contributed by atoms with E-state index in [0.717, 1.165) is 0 Å². The first-order chi connectivity index (χ1) is 10.1. The number of hydrogen-bond acceptors (Lipinski definition) is 6. The number of carbonyl (C=O) groups is 1. The minimum Gasteiger partial charge on any atom is -0.466 e. The van der Waals surface area contributed by atoms with Crippen LogP contribution in [0.2, 0.25) is 0 Å². The van der Waals surface area contributed by atoms with Crippen LogP contribution in [0.15, 0.2) is 15.5 Å². The number of ether oxygens (including phenoxy) is 2. The van der Waals surface area contributed by atoms with E-state index in [1.807, 2.05) is 0 Å². The minimum absolute atomic E-state index is 0.216. The van der Waals surface area contributed by atoms with Gasteiger partial charge in [-0.25, -0.2) is 4.68 Å². The fraction of sp³-hybridized carbons (Fsp3) is 0.615. The molecule has 7 nitrogen and oxygen atoms in total. The summed E-state index contributed by atoms with van der Waals surface area (Å²) in [4.78, 5) is 23.2. The molecule has 0 saturated heterocycles. The maximum absolute atomic E-state index is 12.0. The number of esters is 1. The zero-order valence-corrected chi connectivity index (χ0v) is 13.8. The Balaban J connectivity index is 2.51. The largest absolute Gasteiger partial charge is 0.466 e. The number of aromatic nitrogens is 2. The highest BCUT2D eigenvalue weighted by molar-refractivity contribution is 9.10. The van der Waals surface area contributed by atoms with Crippen LogP contribution < -0.4 is 10.9 Å². The van der Waals surface area contributed by atoms with E-state index in [4.69, 9.17) is 9.47 Å². The third kappa shape index (κ3) is 5.84. The fourth-order valence-corrected chi connectivity index (χ4v) is 2.06. The second-order valence-electron chi connectivity index (χ2n) is 4.23. The van der Waals surface area contributed by atoms with E-state index in [1.54, 1.807) is 20.2 Å². The Hall–Kier alpha value is -1.41. The highest BCUT2D eigenvalue weighted by atomic mass is 79.9. The fourth-order valence-electron chi connectivity index (χ4n) is 1.61. The van der Waals surface area contributed by atoms with Crippen LogP contribution in [-0.2, 0) is 20.8 Å². The SMILES string of the molecule is CCOC(=O)CCCNc1cnn(CCOC)c(=O)c1Br. The van der Waals surface area contributed by atoms with Gasteiger partial charge in [0, 0.05) is 20.1 Å². The van der Waals surface area contributed by atoms with Gasteiger partial charge in [-0.3, -0.25) is 9.59 Å². The molecule has 0 aromatic carbocycles. The van der Waals surface area contributed by atoms with Crippen molar-refractivity contribution in [2.75, 3.05) is 32.2 Å². The molecule has 0 radical (unpaired) electrons. The molecule has 21 heavy (non-hydrogen) atoms. The van der Waals surface area contributed by atoms with E-state index < -0.39 is 0 Å². The summed E-state index contributed by atoms with van der Waals surface area (Å²) in [5.74, 6) is -0.216. The summed E-state index contributed by atoms with van der Waals surface area (Å²) in [7, 11) is 1.57. The summed E-state index contributed by atoms with van der Waals surface area (Å²) < 4.78 is 11.5. The van der Waals surface area contributed by atoms with Crippen LogP contribution in [0.1, 0.15) is 19.8 Å². The summed E-state index contributed by atoms with van der Waals surface area (Å²) in [5, 5.41) is 7.13. The molecule has 0 saturated carbocycles. The lowest BCUT2D eigenvalue weighted by atomic mass is 10.3. The van der Waals surface area contributed by atoms with Gasteiger partial charge in [0.25, 0.3) is 5.56 Å². The van der Waals surface area contributed by atoms with Gasteiger partial charge in [-0.2, -0.15) is 5.10 Å². The highest BCUT2D eigenvalue weighted by Gasteiger charge is 2.08. The van der Waals surface area contributed by atoms with Crippen LogP contribution in [0.3, 0.4) is 0 Å². The molecule has 118 valence electrons. The van der Waals surface area contributed by atoms with Crippen molar-refractivity contribution >= 4 is 27.6 Å². The zero-order valence-electron chi connectivity index (χ0n) is 12.2. The molecule has 1 rings (SSSR count). The number of nitrogens with one attached hydrogen (secondary N) is 1. The minimum atomic E-state index is -0.220. The van der Waals surface area contributed by atoms with Crippen molar-refractivity contribution in [3.05, 3.63) is 21.0 Å². The van der Waals surface area contributed by atoms with Gasteiger partial charge in [0.15, 0.2) is 0 Å². The van der Waals surface area contributed by atoms with Gasteiger partial charge < -0.3 is 14.8 Å². The maximum atomic E-state index is 12.0. The number of anilines is 1. The van der Waals surface area contributed by atoms with Gasteiger partial charge in [0.05, 0.1) is 31.6 Å². The van der Waals surface area contributed by atoms with Crippen LogP contribution >= 0.6 is 15.9 Å². The number of hydrogen-bond donors (Lipinski definition) is 1. The molecule has 1 N–H and O–H groups in total. The van der Waals surface area contributed by atoms with Crippen LogP contribution in [0.4, 0.5) is 5.69 Å². The Morgan fingerprint density at radius 3 is 2.95 bits per heavy atom. The third-order valence-electron chi connectivity index (χ3n) is 2.67. The first-order valence-corrected chi connectivity index (χ1v) is 7.53. The Morgan fingerprint density at radius 2 is 2.29 bits per heavy atom. The van der Waals surface area contributed by atoms with Crippen LogP contribution in [-0.4, -0.2) is 42.6 Å². The summed E-state index contributed by atoms with van der Waals surface area (Å²) in [6.45, 7) is 3.54. The molecule has 0 amide bonds. The average molecular weight is 362 g/mol. The van der Waals surface area contributed by atoms with Crippen molar-refractivity contribution in [1.82, 2.24) is 9.78 Å². The van der Waals surface area contributed by atoms with Gasteiger partial charge in [-0.05, 0) is 29.3 Å². The zero-order chi connectivity index (χ0) is 15.7. The smallest absolute Gasteiger partial charge is 0.305 e. The van der Waals surface area contributed by atoms with Crippen molar-refractivity contribution in [3.63, 3.8) is 0 Å². The first-order valence-electron chi connectivity index (χ1n) is 6.74. The average Bonchev–Trinajstić information content (AvgIpc) is 2.47. The number of methoxy groups -OCH3 is 1. The molecule has 1 heterocycles. The number of rotatable bonds is 9. The number of halogens is 1.